The number of hydrogen-bond donors (Lipinski definition) is 3. The molecule has 0 amide bonds. The van der Waals surface area contributed by atoms with Crippen molar-refractivity contribution >= 4 is 40.6 Å². The van der Waals surface area contributed by atoms with Crippen LogP contribution in [0.25, 0.3) is 0 Å². The first-order chi connectivity index (χ1) is 4.27. The second-order valence-corrected chi connectivity index (χ2v) is 6.82. The van der Waals surface area contributed by atoms with Gasteiger partial charge in [0.1, 0.15) is 0 Å². The maximum absolute atomic E-state index is 10.6. The fourth-order valence-electron chi connectivity index (χ4n) is 0.368. The average molecular weight is 222 g/mol. The van der Waals surface area contributed by atoms with E-state index in [2.05, 4.69) is 17.3 Å². The zero-order valence-electron chi connectivity index (χ0n) is 5.54. The molecule has 62 valence electrons. The Bertz CT molecular complexity index is 159. The molecule has 0 spiro atoms. The molecule has 0 fully saturated rings. The van der Waals surface area contributed by atoms with Crippen LogP contribution in [-0.4, -0.2) is 9.76 Å². The lowest BCUT2D eigenvalue weighted by molar-refractivity contribution is 0.470. The van der Waals surface area contributed by atoms with Gasteiger partial charge in [-0.05, 0) is 35.5 Å². The Morgan fingerprint density at radius 1 is 1.80 bits per heavy atom. The summed E-state index contributed by atoms with van der Waals surface area (Å²) in [5, 5.41) is 2.35. The van der Waals surface area contributed by atoms with E-state index in [0.717, 1.165) is 11.0 Å². The van der Waals surface area contributed by atoms with Crippen molar-refractivity contribution in [2.45, 2.75) is 18.7 Å². The first-order valence-corrected chi connectivity index (χ1v) is 6.87. The Kier molecular flexibility index (Phi) is 4.12. The highest BCUT2D eigenvalue weighted by molar-refractivity contribution is 8.45. The lowest BCUT2D eigenvalue weighted by atomic mass is 10.4. The van der Waals surface area contributed by atoms with Gasteiger partial charge >= 0.3 is 6.72 Å². The van der Waals surface area contributed by atoms with Crippen molar-refractivity contribution in [2.24, 2.45) is 0 Å². The summed E-state index contributed by atoms with van der Waals surface area (Å²) in [7, 11) is 6.32. The van der Waals surface area contributed by atoms with Crippen molar-refractivity contribution in [1.29, 1.82) is 0 Å². The fourth-order valence-corrected chi connectivity index (χ4v) is 2.84. The molecule has 10 heavy (non-hydrogen) atoms. The summed E-state index contributed by atoms with van der Waals surface area (Å²) in [6.07, 6.45) is 0. The van der Waals surface area contributed by atoms with E-state index in [1.807, 2.05) is 0 Å². The Hall–Kier alpha value is 1.14. The van der Waals surface area contributed by atoms with E-state index < -0.39 is 11.6 Å². The zero-order chi connectivity index (χ0) is 8.41. The molecule has 0 radical (unpaired) electrons. The minimum Gasteiger partial charge on any atom is -0.326 e. The normalized spacial score (nSPS) is 18.5. The number of thiol groups is 1. The maximum atomic E-state index is 10.6. The molecule has 0 aliphatic carbocycles. The van der Waals surface area contributed by atoms with Crippen LogP contribution >= 0.6 is 40.6 Å². The first kappa shape index (κ1) is 11.1. The van der Waals surface area contributed by atoms with Gasteiger partial charge in [-0.25, -0.2) is 5.09 Å². The quantitative estimate of drug-likeness (QED) is 0.389. The van der Waals surface area contributed by atoms with Crippen LogP contribution in [0.4, 0.5) is 0 Å². The second kappa shape index (κ2) is 3.70. The third kappa shape index (κ3) is 5.89. The standard InChI is InChI=1S/C3H9ClNO2PS2/c1-3(2,10-4)5-8(6,7)9/h1-2H3,(H3,5,6,7,9). The molecule has 0 heterocycles. The van der Waals surface area contributed by atoms with E-state index in [9.17, 15) is 4.57 Å². The highest BCUT2D eigenvalue weighted by Gasteiger charge is 2.25. The Balaban J connectivity index is 4.02. The topological polar surface area (TPSA) is 49.3 Å². The van der Waals surface area contributed by atoms with Crippen LogP contribution < -0.4 is 5.09 Å². The Labute approximate surface area is 74.1 Å². The predicted molar refractivity (Wildman–Crippen MR) is 49.5 cm³/mol. The van der Waals surface area contributed by atoms with Gasteiger partial charge in [0.2, 0.25) is 0 Å². The van der Waals surface area contributed by atoms with E-state index in [1.54, 1.807) is 13.8 Å². The van der Waals surface area contributed by atoms with E-state index in [-0.39, 0.29) is 0 Å². The van der Waals surface area contributed by atoms with Gasteiger partial charge in [-0.2, -0.15) is 0 Å². The number of hydrogen-bond acceptors (Lipinski definition) is 2. The highest BCUT2D eigenvalue weighted by Crippen LogP contribution is 2.45. The monoisotopic (exact) mass is 221 g/mol. The average Bonchev–Trinajstić information content (AvgIpc) is 1.60. The van der Waals surface area contributed by atoms with E-state index in [0.29, 0.717) is 0 Å². The minimum absolute atomic E-state index is 0.631. The minimum atomic E-state index is -3.46. The van der Waals surface area contributed by atoms with Crippen LogP contribution in [0.15, 0.2) is 0 Å². The van der Waals surface area contributed by atoms with Gasteiger partial charge in [0.05, 0.1) is 4.87 Å². The van der Waals surface area contributed by atoms with E-state index >= 15 is 0 Å². The molecule has 7 heteroatoms. The molecule has 0 aliphatic rings. The van der Waals surface area contributed by atoms with Crippen molar-refractivity contribution in [3.63, 3.8) is 0 Å². The molecule has 2 N–H and O–H groups in total. The number of rotatable bonds is 3. The zero-order valence-corrected chi connectivity index (χ0v) is 8.90. The molecule has 0 aromatic heterocycles. The van der Waals surface area contributed by atoms with Crippen LogP contribution in [0.3, 0.4) is 0 Å². The van der Waals surface area contributed by atoms with Crippen molar-refractivity contribution in [3.8, 4) is 0 Å². The molecule has 3 nitrogen and oxygen atoms in total. The van der Waals surface area contributed by atoms with Gasteiger partial charge in [0.15, 0.2) is 0 Å². The van der Waals surface area contributed by atoms with Crippen LogP contribution in [0, 0.1) is 0 Å². The van der Waals surface area contributed by atoms with Crippen molar-refractivity contribution in [3.05, 3.63) is 0 Å². The summed E-state index contributed by atoms with van der Waals surface area (Å²) >= 11 is 3.43. The SMILES string of the molecule is CC(C)(NP(=O)(O)S)SCl. The molecule has 0 aliphatic heterocycles. The van der Waals surface area contributed by atoms with Crippen molar-refractivity contribution in [1.82, 2.24) is 5.09 Å². The molecule has 1 atom stereocenters. The summed E-state index contributed by atoms with van der Waals surface area (Å²) in [5.41, 5.74) is 0. The highest BCUT2D eigenvalue weighted by atomic mass is 35.7. The summed E-state index contributed by atoms with van der Waals surface area (Å²) < 4.78 is 10.6. The number of halogens is 1. The molecule has 1 unspecified atom stereocenters. The van der Waals surface area contributed by atoms with Gasteiger partial charge < -0.3 is 4.89 Å². The third-order valence-corrected chi connectivity index (χ3v) is 3.55. The second-order valence-electron chi connectivity index (χ2n) is 2.24. The molecule has 0 aromatic carbocycles. The van der Waals surface area contributed by atoms with Crippen LogP contribution in [0.2, 0.25) is 0 Å². The molecular weight excluding hydrogens is 213 g/mol. The molecule has 0 saturated heterocycles. The van der Waals surface area contributed by atoms with Crippen molar-refractivity contribution in [2.75, 3.05) is 0 Å². The van der Waals surface area contributed by atoms with E-state index in [4.69, 9.17) is 15.6 Å². The largest absolute Gasteiger partial charge is 0.326 e. The van der Waals surface area contributed by atoms with Crippen LogP contribution in [-0.2, 0) is 4.57 Å². The summed E-state index contributed by atoms with van der Waals surface area (Å²) in [6, 6.07) is 0. The summed E-state index contributed by atoms with van der Waals surface area (Å²) in [5.74, 6) is 0. The van der Waals surface area contributed by atoms with Gasteiger partial charge in [-0.3, -0.25) is 4.57 Å². The predicted octanol–water partition coefficient (Wildman–Crippen LogP) is 2.23. The molecule has 0 saturated carbocycles. The van der Waals surface area contributed by atoms with Gasteiger partial charge in [-0.1, -0.05) is 12.2 Å². The fraction of sp³-hybridized carbons (Fsp3) is 1.00. The summed E-state index contributed by atoms with van der Waals surface area (Å²) in [4.78, 5) is 8.09. The van der Waals surface area contributed by atoms with E-state index in [1.165, 1.54) is 0 Å². The van der Waals surface area contributed by atoms with Crippen LogP contribution in [0.5, 0.6) is 0 Å². The van der Waals surface area contributed by atoms with Crippen molar-refractivity contribution < 1.29 is 9.46 Å². The molecular formula is C3H9ClNO2PS2. The summed E-state index contributed by atoms with van der Waals surface area (Å²) in [6.45, 7) is -0.0960. The maximum Gasteiger partial charge on any atom is 0.322 e. The lowest BCUT2D eigenvalue weighted by Gasteiger charge is -2.22. The van der Waals surface area contributed by atoms with Gasteiger partial charge in [-0.15, -0.1) is 0 Å². The van der Waals surface area contributed by atoms with Crippen LogP contribution in [0.1, 0.15) is 13.8 Å². The third-order valence-electron chi connectivity index (χ3n) is 0.608. The lowest BCUT2D eigenvalue weighted by Crippen LogP contribution is -2.30. The smallest absolute Gasteiger partial charge is 0.322 e. The molecule has 0 rings (SSSR count). The van der Waals surface area contributed by atoms with Gasteiger partial charge in [0.25, 0.3) is 0 Å². The first-order valence-electron chi connectivity index (χ1n) is 2.41. The number of nitrogens with one attached hydrogen (secondary N) is 1. The Morgan fingerprint density at radius 3 is 2.30 bits per heavy atom. The molecule has 0 aromatic rings. The van der Waals surface area contributed by atoms with Gasteiger partial charge in [0, 0.05) is 0 Å². The molecule has 0 bridgehead atoms. The Morgan fingerprint density at radius 2 is 2.20 bits per heavy atom.